The fourth-order valence-electron chi connectivity index (χ4n) is 4.06. The van der Waals surface area contributed by atoms with Crippen molar-refractivity contribution in [3.05, 3.63) is 0 Å². The molecule has 5 nitrogen and oxygen atoms in total. The van der Waals surface area contributed by atoms with Gasteiger partial charge in [-0.3, -0.25) is 10.1 Å². The van der Waals surface area contributed by atoms with E-state index >= 15 is 0 Å². The smallest absolute Gasteiger partial charge is 0.321 e. The van der Waals surface area contributed by atoms with Gasteiger partial charge >= 0.3 is 6.03 Å². The highest BCUT2D eigenvalue weighted by molar-refractivity contribution is 5.96. The number of urea groups is 1. The van der Waals surface area contributed by atoms with Gasteiger partial charge in [0.05, 0.1) is 13.1 Å². The minimum absolute atomic E-state index is 0.149. The van der Waals surface area contributed by atoms with E-state index in [1.807, 2.05) is 6.92 Å². The number of quaternary nitrogens is 1. The second kappa shape index (κ2) is 7.95. The van der Waals surface area contributed by atoms with Gasteiger partial charge in [-0.1, -0.05) is 33.1 Å². The van der Waals surface area contributed by atoms with E-state index in [-0.39, 0.29) is 24.0 Å². The van der Waals surface area contributed by atoms with Crippen molar-refractivity contribution in [1.82, 2.24) is 10.6 Å². The zero-order chi connectivity index (χ0) is 16.1. The number of piperidine rings is 1. The van der Waals surface area contributed by atoms with Crippen LogP contribution < -0.4 is 15.5 Å². The summed E-state index contributed by atoms with van der Waals surface area (Å²) >= 11 is 0. The van der Waals surface area contributed by atoms with E-state index in [1.54, 1.807) is 0 Å². The summed E-state index contributed by atoms with van der Waals surface area (Å²) in [4.78, 5) is 25.6. The van der Waals surface area contributed by atoms with Crippen molar-refractivity contribution in [2.75, 3.05) is 13.1 Å². The van der Waals surface area contributed by atoms with E-state index in [2.05, 4.69) is 24.5 Å². The van der Waals surface area contributed by atoms with E-state index in [0.29, 0.717) is 11.8 Å². The molecule has 3 atom stereocenters. The first-order valence-electron chi connectivity index (χ1n) is 8.91. The molecule has 22 heavy (non-hydrogen) atoms. The first-order valence-corrected chi connectivity index (χ1v) is 8.91. The number of imide groups is 1. The molecule has 0 spiro atoms. The largest absolute Gasteiger partial charge is 0.335 e. The Labute approximate surface area is 134 Å². The summed E-state index contributed by atoms with van der Waals surface area (Å²) in [5, 5.41) is 5.49. The van der Waals surface area contributed by atoms with Crippen LogP contribution in [0.3, 0.4) is 0 Å². The summed E-state index contributed by atoms with van der Waals surface area (Å²) in [5.74, 6) is 1.14. The maximum absolute atomic E-state index is 12.3. The lowest BCUT2D eigenvalue weighted by Gasteiger charge is -2.35. The number of likely N-dealkylation sites (tertiary alicyclic amines) is 1. The molecule has 126 valence electrons. The quantitative estimate of drug-likeness (QED) is 0.731. The number of hydrogen-bond donors (Lipinski definition) is 3. The van der Waals surface area contributed by atoms with Crippen molar-refractivity contribution in [1.29, 1.82) is 0 Å². The van der Waals surface area contributed by atoms with Gasteiger partial charge < -0.3 is 10.2 Å². The fourth-order valence-corrected chi connectivity index (χ4v) is 4.06. The van der Waals surface area contributed by atoms with Gasteiger partial charge in [-0.2, -0.15) is 0 Å². The Hall–Kier alpha value is -1.10. The minimum Gasteiger partial charge on any atom is -0.335 e. The molecular formula is C17H32N3O2+. The van der Waals surface area contributed by atoms with Crippen molar-refractivity contribution >= 4 is 11.9 Å². The number of carbonyl (C=O) groups excluding carboxylic acids is 2. The average Bonchev–Trinajstić information content (AvgIpc) is 2.46. The molecule has 0 aromatic heterocycles. The van der Waals surface area contributed by atoms with Gasteiger partial charge in [0.15, 0.2) is 6.04 Å². The third-order valence-electron chi connectivity index (χ3n) is 5.21. The molecule has 1 aliphatic carbocycles. The molecule has 0 bridgehead atoms. The van der Waals surface area contributed by atoms with E-state index in [1.165, 1.54) is 30.6 Å². The lowest BCUT2D eigenvalue weighted by Crippen LogP contribution is -3.18. The summed E-state index contributed by atoms with van der Waals surface area (Å²) in [5.41, 5.74) is 0. The SMILES string of the molecule is C[C@@H]1C[C@@H](C)C[NH+]([C@@H](C)C(=O)NC(=O)NC2CCCCC2)C1. The molecule has 3 N–H and O–H groups in total. The van der Waals surface area contributed by atoms with Crippen molar-refractivity contribution < 1.29 is 14.5 Å². The lowest BCUT2D eigenvalue weighted by atomic mass is 9.91. The summed E-state index contributed by atoms with van der Waals surface area (Å²) in [6.07, 6.45) is 6.89. The molecular weight excluding hydrogens is 278 g/mol. The van der Waals surface area contributed by atoms with Gasteiger partial charge in [0.1, 0.15) is 0 Å². The van der Waals surface area contributed by atoms with E-state index in [9.17, 15) is 9.59 Å². The second-order valence-electron chi connectivity index (χ2n) is 7.53. The maximum atomic E-state index is 12.3. The Morgan fingerprint density at radius 1 is 1.05 bits per heavy atom. The minimum atomic E-state index is -0.318. The highest BCUT2D eigenvalue weighted by Crippen LogP contribution is 2.17. The van der Waals surface area contributed by atoms with Crippen LogP contribution in [0.4, 0.5) is 4.79 Å². The fraction of sp³-hybridized carbons (Fsp3) is 0.882. The van der Waals surface area contributed by atoms with Gasteiger partial charge in [-0.15, -0.1) is 0 Å². The molecule has 1 saturated carbocycles. The molecule has 5 heteroatoms. The Kier molecular flexibility index (Phi) is 6.24. The van der Waals surface area contributed by atoms with Crippen LogP contribution in [0.5, 0.6) is 0 Å². The lowest BCUT2D eigenvalue weighted by molar-refractivity contribution is -0.925. The van der Waals surface area contributed by atoms with E-state index in [4.69, 9.17) is 0 Å². The molecule has 0 unspecified atom stereocenters. The molecule has 0 aromatic rings. The van der Waals surface area contributed by atoms with Crippen molar-refractivity contribution in [3.8, 4) is 0 Å². The predicted molar refractivity (Wildman–Crippen MR) is 86.7 cm³/mol. The zero-order valence-corrected chi connectivity index (χ0v) is 14.3. The molecule has 0 aromatic carbocycles. The summed E-state index contributed by atoms with van der Waals surface area (Å²) in [7, 11) is 0. The third-order valence-corrected chi connectivity index (χ3v) is 5.21. The van der Waals surface area contributed by atoms with Crippen molar-refractivity contribution in [2.45, 2.75) is 71.4 Å². The molecule has 1 aliphatic heterocycles. The molecule has 1 heterocycles. The standard InChI is InChI=1S/C17H31N3O2/c1-12-9-13(2)11-20(10-12)14(3)16(21)19-17(22)18-15-7-5-4-6-8-15/h12-15H,4-11H2,1-3H3,(H2,18,19,21,22)/p+1/t12-,13-,14+/m1/s1. The number of nitrogens with one attached hydrogen (secondary N) is 3. The Morgan fingerprint density at radius 2 is 1.64 bits per heavy atom. The Balaban J connectivity index is 1.78. The van der Waals surface area contributed by atoms with Gasteiger partial charge in [0.2, 0.25) is 0 Å². The second-order valence-corrected chi connectivity index (χ2v) is 7.53. The Morgan fingerprint density at radius 3 is 2.23 bits per heavy atom. The van der Waals surface area contributed by atoms with Gasteiger partial charge in [0, 0.05) is 17.9 Å². The molecule has 3 amide bonds. The highest BCUT2D eigenvalue weighted by atomic mass is 16.2. The van der Waals surface area contributed by atoms with Crippen LogP contribution in [0.2, 0.25) is 0 Å². The summed E-state index contributed by atoms with van der Waals surface area (Å²) < 4.78 is 0. The molecule has 2 rings (SSSR count). The molecule has 2 fully saturated rings. The number of rotatable bonds is 3. The maximum Gasteiger partial charge on any atom is 0.321 e. The van der Waals surface area contributed by atoms with E-state index in [0.717, 1.165) is 25.9 Å². The van der Waals surface area contributed by atoms with E-state index < -0.39 is 0 Å². The van der Waals surface area contributed by atoms with Gasteiger partial charge in [-0.25, -0.2) is 4.79 Å². The topological polar surface area (TPSA) is 62.6 Å². The van der Waals surface area contributed by atoms with Gasteiger partial charge in [-0.05, 0) is 26.2 Å². The predicted octanol–water partition coefficient (Wildman–Crippen LogP) is 1.09. The van der Waals surface area contributed by atoms with Crippen LogP contribution in [-0.2, 0) is 4.79 Å². The van der Waals surface area contributed by atoms with Gasteiger partial charge in [0.25, 0.3) is 5.91 Å². The van der Waals surface area contributed by atoms with Crippen LogP contribution in [0.1, 0.15) is 59.3 Å². The van der Waals surface area contributed by atoms with Crippen molar-refractivity contribution in [2.24, 2.45) is 11.8 Å². The van der Waals surface area contributed by atoms with Crippen molar-refractivity contribution in [3.63, 3.8) is 0 Å². The zero-order valence-electron chi connectivity index (χ0n) is 14.3. The first-order chi connectivity index (χ1) is 10.5. The summed E-state index contributed by atoms with van der Waals surface area (Å²) in [6, 6.07) is -0.247. The number of amides is 3. The average molecular weight is 310 g/mol. The third kappa shape index (κ3) is 4.97. The van der Waals surface area contributed by atoms with Crippen LogP contribution in [0.25, 0.3) is 0 Å². The highest BCUT2D eigenvalue weighted by Gasteiger charge is 2.33. The Bertz CT molecular complexity index is 383. The monoisotopic (exact) mass is 310 g/mol. The van der Waals surface area contributed by atoms with Crippen LogP contribution in [0.15, 0.2) is 0 Å². The molecule has 2 aliphatic rings. The first kappa shape index (κ1) is 17.3. The number of hydrogen-bond acceptors (Lipinski definition) is 2. The number of carbonyl (C=O) groups is 2. The molecule has 1 saturated heterocycles. The normalized spacial score (nSPS) is 31.3. The summed E-state index contributed by atoms with van der Waals surface area (Å²) in [6.45, 7) is 8.46. The molecule has 0 radical (unpaired) electrons. The van der Waals surface area contributed by atoms with Crippen LogP contribution in [0, 0.1) is 11.8 Å². The van der Waals surface area contributed by atoms with Crippen LogP contribution >= 0.6 is 0 Å². The van der Waals surface area contributed by atoms with Crippen LogP contribution in [-0.4, -0.2) is 37.1 Å².